The molecular weight excluding hydrogens is 550 g/mol. The van der Waals surface area contributed by atoms with Gasteiger partial charge in [0.05, 0.1) is 11.3 Å². The summed E-state index contributed by atoms with van der Waals surface area (Å²) < 4.78 is 31.4. The molecule has 1 aliphatic rings. The highest BCUT2D eigenvalue weighted by molar-refractivity contribution is 5.84. The van der Waals surface area contributed by atoms with E-state index in [2.05, 4.69) is 34.1 Å². The summed E-state index contributed by atoms with van der Waals surface area (Å²) in [6.45, 7) is 4.64. The minimum atomic E-state index is -2.57. The van der Waals surface area contributed by atoms with Gasteiger partial charge in [0.25, 0.3) is 0 Å². The Morgan fingerprint density at radius 3 is 2.43 bits per heavy atom. The third-order valence-corrected chi connectivity index (χ3v) is 7.77. The van der Waals surface area contributed by atoms with E-state index in [0.717, 1.165) is 38.5 Å². The number of nitrogens with two attached hydrogens (primary N) is 1. The van der Waals surface area contributed by atoms with E-state index in [1.165, 1.54) is 0 Å². The predicted octanol–water partition coefficient (Wildman–Crippen LogP) is 6.56. The molecule has 44 heavy (non-hydrogen) atoms. The number of ether oxygens (including phenoxy) is 1. The summed E-state index contributed by atoms with van der Waals surface area (Å²) >= 11 is 0. The molecule has 9 nitrogen and oxygen atoms in total. The Labute approximate surface area is 262 Å². The Morgan fingerprint density at radius 2 is 1.75 bits per heavy atom. The molecule has 0 atom stereocenters. The molecule has 5 aromatic rings. The largest absolute Gasteiger partial charge is 0.444 e. The van der Waals surface area contributed by atoms with Crippen molar-refractivity contribution in [2.24, 2.45) is 0 Å². The van der Waals surface area contributed by atoms with Crippen molar-refractivity contribution in [1.29, 1.82) is 0 Å². The molecule has 0 bridgehead atoms. The van der Waals surface area contributed by atoms with Crippen molar-refractivity contribution in [3.8, 4) is 28.3 Å². The maximum Gasteiger partial charge on any atom is 0.410 e. The van der Waals surface area contributed by atoms with E-state index in [-0.39, 0.29) is 0 Å². The molecule has 1 saturated heterocycles. The van der Waals surface area contributed by atoms with Crippen LogP contribution in [0.25, 0.3) is 39.5 Å². The van der Waals surface area contributed by atoms with Crippen molar-refractivity contribution in [2.45, 2.75) is 51.8 Å². The number of carbonyl (C=O) groups is 1. The first-order valence-electron chi connectivity index (χ1n) is 16.4. The Bertz CT molecular complexity index is 1860. The summed E-state index contributed by atoms with van der Waals surface area (Å²) in [5.41, 5.74) is 11.6. The average molecular weight is 593 g/mol. The molecule has 1 amide bonds. The lowest BCUT2D eigenvalue weighted by Crippen LogP contribution is -2.46. The number of pyridine rings is 2. The number of aromatic nitrogens is 4. The standard InChI is InChI=1S/C35H39N7O2/c1-35(2,3)44-34(43)40(4)26-18-21-41(22-19-26)23-24-12-14-27(15-13-24)42-32(28-11-8-20-37-31(28)36)39-30-17-16-29(38-33(30)42)25-9-6-5-7-10-25/h5-17,20,26H,18-19,21-23H2,1-4H3,(H2,36,37)/i4D3. The number of hydrogen-bond donors (Lipinski definition) is 1. The number of fused-ring (bicyclic) bond motifs is 1. The number of nitrogen functional groups attached to an aromatic ring is 1. The van der Waals surface area contributed by atoms with Crippen LogP contribution in [0.5, 0.6) is 0 Å². The normalized spacial score (nSPS) is 15.8. The molecule has 1 fully saturated rings. The van der Waals surface area contributed by atoms with Crippen LogP contribution in [-0.2, 0) is 11.3 Å². The second kappa shape index (κ2) is 12.1. The summed E-state index contributed by atoms with van der Waals surface area (Å²) in [4.78, 5) is 30.3. The van der Waals surface area contributed by atoms with Gasteiger partial charge in [-0.3, -0.25) is 9.47 Å². The summed E-state index contributed by atoms with van der Waals surface area (Å²) in [5, 5.41) is 0. The maximum absolute atomic E-state index is 12.8. The molecule has 9 heteroatoms. The highest BCUT2D eigenvalue weighted by Crippen LogP contribution is 2.32. The smallest absolute Gasteiger partial charge is 0.410 e. The molecule has 6 rings (SSSR count). The fourth-order valence-electron chi connectivity index (χ4n) is 5.56. The lowest BCUT2D eigenvalue weighted by Gasteiger charge is -2.37. The molecule has 2 aromatic carbocycles. The minimum Gasteiger partial charge on any atom is -0.444 e. The highest BCUT2D eigenvalue weighted by Gasteiger charge is 2.28. The Morgan fingerprint density at radius 1 is 1.00 bits per heavy atom. The molecule has 4 heterocycles. The van der Waals surface area contributed by atoms with Gasteiger partial charge in [-0.2, -0.15) is 0 Å². The van der Waals surface area contributed by atoms with Gasteiger partial charge in [-0.15, -0.1) is 0 Å². The fourth-order valence-corrected chi connectivity index (χ4v) is 5.56. The number of anilines is 1. The van der Waals surface area contributed by atoms with Gasteiger partial charge in [0.1, 0.15) is 16.9 Å². The van der Waals surface area contributed by atoms with Crippen molar-refractivity contribution in [3.63, 3.8) is 0 Å². The van der Waals surface area contributed by atoms with Crippen LogP contribution in [0.15, 0.2) is 85.1 Å². The predicted molar refractivity (Wildman–Crippen MR) is 174 cm³/mol. The van der Waals surface area contributed by atoms with Gasteiger partial charge >= 0.3 is 6.09 Å². The van der Waals surface area contributed by atoms with E-state index < -0.39 is 24.7 Å². The number of hydrogen-bond acceptors (Lipinski definition) is 7. The van der Waals surface area contributed by atoms with Crippen LogP contribution in [0.3, 0.4) is 0 Å². The van der Waals surface area contributed by atoms with E-state index >= 15 is 0 Å². The SMILES string of the molecule is [2H]C([2H])([2H])N(C(=O)OC(C)(C)C)C1CCN(Cc2ccc(-n3c(-c4cccnc4N)nc4ccc(-c5ccccc5)nc43)cc2)CC1. The molecule has 2 N–H and O–H groups in total. The molecule has 0 unspecified atom stereocenters. The van der Waals surface area contributed by atoms with E-state index in [9.17, 15) is 4.79 Å². The lowest BCUT2D eigenvalue weighted by molar-refractivity contribution is 0.0149. The summed E-state index contributed by atoms with van der Waals surface area (Å²) in [6, 6.07) is 25.6. The monoisotopic (exact) mass is 592 g/mol. The molecule has 226 valence electrons. The van der Waals surface area contributed by atoms with E-state index in [0.29, 0.717) is 49.8 Å². The van der Waals surface area contributed by atoms with E-state index in [1.807, 2.05) is 59.2 Å². The van der Waals surface area contributed by atoms with Crippen LogP contribution in [0.2, 0.25) is 0 Å². The van der Waals surface area contributed by atoms with Gasteiger partial charge in [-0.25, -0.2) is 19.7 Å². The highest BCUT2D eigenvalue weighted by atomic mass is 16.6. The van der Waals surface area contributed by atoms with E-state index in [1.54, 1.807) is 27.0 Å². The van der Waals surface area contributed by atoms with Crippen molar-refractivity contribution in [3.05, 3.63) is 90.6 Å². The second-order valence-corrected chi connectivity index (χ2v) is 12.1. The van der Waals surface area contributed by atoms with Gasteiger partial charge < -0.3 is 15.4 Å². The topological polar surface area (TPSA) is 102 Å². The van der Waals surface area contributed by atoms with Crippen LogP contribution in [0.4, 0.5) is 10.6 Å². The van der Waals surface area contributed by atoms with Crippen molar-refractivity contribution in [1.82, 2.24) is 29.3 Å². The first-order chi connectivity index (χ1) is 22.4. The summed E-state index contributed by atoms with van der Waals surface area (Å²) in [5.74, 6) is 1.04. The first kappa shape index (κ1) is 25.7. The Hall–Kier alpha value is -4.76. The maximum atomic E-state index is 12.8. The van der Waals surface area contributed by atoms with Crippen molar-refractivity contribution >= 4 is 23.1 Å². The number of piperidine rings is 1. The molecule has 0 aliphatic carbocycles. The van der Waals surface area contributed by atoms with Gasteiger partial charge in [0.15, 0.2) is 11.5 Å². The quantitative estimate of drug-likeness (QED) is 0.238. The van der Waals surface area contributed by atoms with Gasteiger partial charge in [-0.05, 0) is 75.6 Å². The zero-order chi connectivity index (χ0) is 33.3. The Balaban J connectivity index is 1.24. The number of nitrogens with zero attached hydrogens (tertiary/aromatic N) is 6. The summed E-state index contributed by atoms with van der Waals surface area (Å²) in [7, 11) is 0. The minimum absolute atomic E-state index is 0.385. The van der Waals surface area contributed by atoms with Crippen LogP contribution in [0, 0.1) is 0 Å². The molecular formula is C35H39N7O2. The number of benzene rings is 2. The van der Waals surface area contributed by atoms with Crippen molar-refractivity contribution in [2.75, 3.05) is 25.8 Å². The zero-order valence-corrected chi connectivity index (χ0v) is 25.3. The number of rotatable bonds is 6. The average Bonchev–Trinajstić information content (AvgIpc) is 3.40. The second-order valence-electron chi connectivity index (χ2n) is 12.1. The van der Waals surface area contributed by atoms with Crippen molar-refractivity contribution < 1.29 is 13.6 Å². The zero-order valence-electron chi connectivity index (χ0n) is 28.3. The van der Waals surface area contributed by atoms with Gasteiger partial charge in [-0.1, -0.05) is 42.5 Å². The molecule has 0 radical (unpaired) electrons. The first-order valence-corrected chi connectivity index (χ1v) is 14.9. The molecule has 1 aliphatic heterocycles. The number of likely N-dealkylation sites (tertiary alicyclic amines) is 1. The lowest BCUT2D eigenvalue weighted by atomic mass is 10.0. The number of imidazole rings is 1. The van der Waals surface area contributed by atoms with Crippen LogP contribution in [0.1, 0.15) is 43.3 Å². The number of carbonyl (C=O) groups excluding carboxylic acids is 1. The van der Waals surface area contributed by atoms with E-state index in [4.69, 9.17) is 24.6 Å². The molecule has 0 saturated carbocycles. The van der Waals surface area contributed by atoms with Crippen LogP contribution >= 0.6 is 0 Å². The van der Waals surface area contributed by atoms with Gasteiger partial charge in [0.2, 0.25) is 0 Å². The number of amides is 1. The molecule has 0 spiro atoms. The van der Waals surface area contributed by atoms with Crippen LogP contribution < -0.4 is 5.73 Å². The molecule has 3 aromatic heterocycles. The van der Waals surface area contributed by atoms with Gasteiger partial charge in [0, 0.05) is 54.2 Å². The fraction of sp³-hybridized carbons (Fsp3) is 0.314. The third-order valence-electron chi connectivity index (χ3n) is 7.77. The van der Waals surface area contributed by atoms with Crippen LogP contribution in [-0.4, -0.2) is 67.1 Å². The third kappa shape index (κ3) is 6.28. The summed E-state index contributed by atoms with van der Waals surface area (Å²) in [6.07, 6.45) is 1.95. The Kier molecular flexibility index (Phi) is 7.06.